The van der Waals surface area contributed by atoms with Crippen LogP contribution in [0, 0.1) is 6.92 Å². The standard InChI is InChI=1S/C15H19N5S/c1-11-7-3-4-8-12(11)21-15-18-13(16)17-14(19-15)20-9-5-2-6-10-20/h3-4,7-8H,2,5-6,9-10H2,1H3,(H2,16,17,18,19). The summed E-state index contributed by atoms with van der Waals surface area (Å²) in [6.45, 7) is 4.08. The molecule has 2 N–H and O–H groups in total. The highest BCUT2D eigenvalue weighted by atomic mass is 32.2. The Bertz CT molecular complexity index is 625. The normalized spacial score (nSPS) is 15.2. The summed E-state index contributed by atoms with van der Waals surface area (Å²) < 4.78 is 0. The van der Waals surface area contributed by atoms with Gasteiger partial charge in [-0.2, -0.15) is 15.0 Å². The minimum absolute atomic E-state index is 0.293. The van der Waals surface area contributed by atoms with Crippen molar-refractivity contribution in [2.75, 3.05) is 23.7 Å². The number of piperidine rings is 1. The molecule has 0 amide bonds. The van der Waals surface area contributed by atoms with Crippen LogP contribution in [0.5, 0.6) is 0 Å². The number of anilines is 2. The van der Waals surface area contributed by atoms with Crippen LogP contribution in [0.4, 0.5) is 11.9 Å². The average molecular weight is 301 g/mol. The number of nitrogens with two attached hydrogens (primary N) is 1. The van der Waals surface area contributed by atoms with Crippen molar-refractivity contribution in [1.82, 2.24) is 15.0 Å². The van der Waals surface area contributed by atoms with E-state index in [-0.39, 0.29) is 0 Å². The molecule has 1 aromatic carbocycles. The molecule has 0 aliphatic carbocycles. The Balaban J connectivity index is 1.85. The largest absolute Gasteiger partial charge is 0.368 e. The fourth-order valence-electron chi connectivity index (χ4n) is 2.41. The van der Waals surface area contributed by atoms with E-state index < -0.39 is 0 Å². The van der Waals surface area contributed by atoms with Crippen LogP contribution in [0.25, 0.3) is 0 Å². The summed E-state index contributed by atoms with van der Waals surface area (Å²) in [5.41, 5.74) is 7.06. The average Bonchev–Trinajstić information content (AvgIpc) is 2.50. The Hall–Kier alpha value is -1.82. The van der Waals surface area contributed by atoms with Gasteiger partial charge in [0.05, 0.1) is 0 Å². The zero-order valence-corrected chi connectivity index (χ0v) is 12.9. The Morgan fingerprint density at radius 1 is 1.05 bits per heavy atom. The van der Waals surface area contributed by atoms with E-state index in [9.17, 15) is 0 Å². The van der Waals surface area contributed by atoms with Gasteiger partial charge in [-0.3, -0.25) is 0 Å². The molecule has 0 spiro atoms. The summed E-state index contributed by atoms with van der Waals surface area (Å²) in [7, 11) is 0. The first-order chi connectivity index (χ1) is 10.2. The first-order valence-corrected chi connectivity index (χ1v) is 8.04. The van der Waals surface area contributed by atoms with Crippen molar-refractivity contribution in [3.63, 3.8) is 0 Å². The van der Waals surface area contributed by atoms with Gasteiger partial charge in [0.2, 0.25) is 11.9 Å². The number of aromatic nitrogens is 3. The van der Waals surface area contributed by atoms with Crippen LogP contribution in [0.3, 0.4) is 0 Å². The van der Waals surface area contributed by atoms with E-state index >= 15 is 0 Å². The molecule has 1 aliphatic rings. The number of nitrogen functional groups attached to an aromatic ring is 1. The van der Waals surface area contributed by atoms with Crippen LogP contribution in [0.15, 0.2) is 34.3 Å². The van der Waals surface area contributed by atoms with Gasteiger partial charge in [-0.25, -0.2) is 0 Å². The van der Waals surface area contributed by atoms with Crippen LogP contribution < -0.4 is 10.6 Å². The van der Waals surface area contributed by atoms with Crippen LogP contribution in [-0.2, 0) is 0 Å². The summed E-state index contributed by atoms with van der Waals surface area (Å²) in [6.07, 6.45) is 3.65. The van der Waals surface area contributed by atoms with Gasteiger partial charge >= 0.3 is 0 Å². The lowest BCUT2D eigenvalue weighted by atomic mass is 10.1. The Morgan fingerprint density at radius 2 is 1.81 bits per heavy atom. The van der Waals surface area contributed by atoms with E-state index in [1.165, 1.54) is 36.6 Å². The van der Waals surface area contributed by atoms with Crippen LogP contribution in [0.2, 0.25) is 0 Å². The van der Waals surface area contributed by atoms with Gasteiger partial charge in [0, 0.05) is 18.0 Å². The molecule has 0 saturated carbocycles. The molecule has 6 heteroatoms. The van der Waals surface area contributed by atoms with Crippen LogP contribution in [-0.4, -0.2) is 28.0 Å². The zero-order chi connectivity index (χ0) is 14.7. The lowest BCUT2D eigenvalue weighted by Gasteiger charge is -2.26. The van der Waals surface area contributed by atoms with Gasteiger partial charge in [-0.1, -0.05) is 18.2 Å². The SMILES string of the molecule is Cc1ccccc1Sc1nc(N)nc(N2CCCCC2)n1. The maximum atomic E-state index is 5.86. The smallest absolute Gasteiger partial charge is 0.231 e. The summed E-state index contributed by atoms with van der Waals surface area (Å²) >= 11 is 1.54. The van der Waals surface area contributed by atoms with Gasteiger partial charge in [0.25, 0.3) is 0 Å². The number of hydrogen-bond donors (Lipinski definition) is 1. The summed E-state index contributed by atoms with van der Waals surface area (Å²) in [4.78, 5) is 16.5. The number of benzene rings is 1. The van der Waals surface area contributed by atoms with Gasteiger partial charge in [0.15, 0.2) is 5.16 Å². The molecule has 1 aromatic heterocycles. The van der Waals surface area contributed by atoms with E-state index in [0.717, 1.165) is 18.0 Å². The van der Waals surface area contributed by atoms with Crippen molar-refractivity contribution in [1.29, 1.82) is 0 Å². The first kappa shape index (κ1) is 14.1. The highest BCUT2D eigenvalue weighted by Gasteiger charge is 2.16. The Labute approximate surface area is 129 Å². The van der Waals surface area contributed by atoms with E-state index in [4.69, 9.17) is 5.73 Å². The van der Waals surface area contributed by atoms with Gasteiger partial charge in [0.1, 0.15) is 0 Å². The van der Waals surface area contributed by atoms with Crippen molar-refractivity contribution in [2.24, 2.45) is 0 Å². The quantitative estimate of drug-likeness (QED) is 0.940. The molecular formula is C15H19N5S. The first-order valence-electron chi connectivity index (χ1n) is 7.22. The van der Waals surface area contributed by atoms with Gasteiger partial charge in [-0.15, -0.1) is 0 Å². The predicted octanol–water partition coefficient (Wildman–Crippen LogP) is 2.90. The molecule has 21 heavy (non-hydrogen) atoms. The molecule has 3 rings (SSSR count). The third-order valence-electron chi connectivity index (χ3n) is 3.55. The number of hydrogen-bond acceptors (Lipinski definition) is 6. The third kappa shape index (κ3) is 3.44. The summed E-state index contributed by atoms with van der Waals surface area (Å²) in [5, 5.41) is 0.664. The fraction of sp³-hybridized carbons (Fsp3) is 0.400. The Kier molecular flexibility index (Phi) is 4.24. The molecule has 0 bridgehead atoms. The number of aryl methyl sites for hydroxylation is 1. The second kappa shape index (κ2) is 6.30. The predicted molar refractivity (Wildman–Crippen MR) is 85.6 cm³/mol. The lowest BCUT2D eigenvalue weighted by Crippen LogP contribution is -2.31. The fourth-order valence-corrected chi connectivity index (χ4v) is 3.25. The third-order valence-corrected chi connectivity index (χ3v) is 4.60. The topological polar surface area (TPSA) is 67.9 Å². The van der Waals surface area contributed by atoms with Crippen molar-refractivity contribution in [3.8, 4) is 0 Å². The zero-order valence-electron chi connectivity index (χ0n) is 12.1. The highest BCUT2D eigenvalue weighted by molar-refractivity contribution is 7.99. The molecule has 2 heterocycles. The van der Waals surface area contributed by atoms with Crippen molar-refractivity contribution >= 4 is 23.7 Å². The van der Waals surface area contributed by atoms with Crippen LogP contribution >= 0.6 is 11.8 Å². The molecule has 110 valence electrons. The van der Waals surface area contributed by atoms with E-state index in [1.807, 2.05) is 12.1 Å². The highest BCUT2D eigenvalue weighted by Crippen LogP contribution is 2.29. The lowest BCUT2D eigenvalue weighted by molar-refractivity contribution is 0.565. The Morgan fingerprint density at radius 3 is 2.57 bits per heavy atom. The number of rotatable bonds is 3. The molecule has 1 aliphatic heterocycles. The van der Waals surface area contributed by atoms with Gasteiger partial charge in [-0.05, 0) is 49.6 Å². The molecule has 0 atom stereocenters. The summed E-state index contributed by atoms with van der Waals surface area (Å²) in [5.74, 6) is 1.000. The second-order valence-electron chi connectivity index (χ2n) is 5.19. The maximum absolute atomic E-state index is 5.86. The minimum atomic E-state index is 0.293. The van der Waals surface area contributed by atoms with Crippen LogP contribution in [0.1, 0.15) is 24.8 Å². The molecule has 1 saturated heterocycles. The molecule has 0 radical (unpaired) electrons. The van der Waals surface area contributed by atoms with Gasteiger partial charge < -0.3 is 10.6 Å². The number of nitrogens with zero attached hydrogens (tertiary/aromatic N) is 4. The van der Waals surface area contributed by atoms with Crippen molar-refractivity contribution in [2.45, 2.75) is 36.2 Å². The van der Waals surface area contributed by atoms with Crippen molar-refractivity contribution < 1.29 is 0 Å². The minimum Gasteiger partial charge on any atom is -0.368 e. The van der Waals surface area contributed by atoms with E-state index in [1.54, 1.807) is 0 Å². The molecule has 1 fully saturated rings. The monoisotopic (exact) mass is 301 g/mol. The van der Waals surface area contributed by atoms with E-state index in [0.29, 0.717) is 17.1 Å². The molecule has 5 nitrogen and oxygen atoms in total. The summed E-state index contributed by atoms with van der Waals surface area (Å²) in [6, 6.07) is 8.20. The molecule has 2 aromatic rings. The van der Waals surface area contributed by atoms with E-state index in [2.05, 4.69) is 38.9 Å². The molecule has 0 unspecified atom stereocenters. The second-order valence-corrected chi connectivity index (χ2v) is 6.20. The van der Waals surface area contributed by atoms with Crippen molar-refractivity contribution in [3.05, 3.63) is 29.8 Å². The maximum Gasteiger partial charge on any atom is 0.231 e. The molecular weight excluding hydrogens is 282 g/mol.